The SMILES string of the molecule is CC(c1nc(N)n(C)n1)C1CNC1. The Balaban J connectivity index is 2.14. The predicted octanol–water partition coefficient (Wildman–Crippen LogP) is -0.280. The van der Waals surface area contributed by atoms with Crippen LogP contribution in [0.3, 0.4) is 0 Å². The lowest BCUT2D eigenvalue weighted by Gasteiger charge is -2.30. The Labute approximate surface area is 77.3 Å². The van der Waals surface area contributed by atoms with Crippen LogP contribution >= 0.6 is 0 Å². The van der Waals surface area contributed by atoms with Gasteiger partial charge < -0.3 is 11.1 Å². The van der Waals surface area contributed by atoms with Crippen LogP contribution in [0.5, 0.6) is 0 Å². The molecule has 1 unspecified atom stereocenters. The Morgan fingerprint density at radius 1 is 1.62 bits per heavy atom. The average molecular weight is 181 g/mol. The zero-order chi connectivity index (χ0) is 9.42. The second-order valence-corrected chi connectivity index (χ2v) is 3.66. The van der Waals surface area contributed by atoms with E-state index >= 15 is 0 Å². The maximum Gasteiger partial charge on any atom is 0.218 e. The highest BCUT2D eigenvalue weighted by molar-refractivity contribution is 5.17. The van der Waals surface area contributed by atoms with Gasteiger partial charge in [0.25, 0.3) is 0 Å². The molecule has 0 bridgehead atoms. The van der Waals surface area contributed by atoms with Gasteiger partial charge in [0.1, 0.15) is 0 Å². The number of nitrogens with zero attached hydrogens (tertiary/aromatic N) is 3. The average Bonchev–Trinajstić information content (AvgIpc) is 2.28. The fraction of sp³-hybridized carbons (Fsp3) is 0.750. The predicted molar refractivity (Wildman–Crippen MR) is 50.2 cm³/mol. The standard InChI is InChI=1S/C8H15N5/c1-5(6-3-10-4-6)7-11-8(9)13(2)12-7/h5-6,10H,3-4H2,1-2H3,(H2,9,11,12). The van der Waals surface area contributed by atoms with Crippen LogP contribution in [-0.2, 0) is 7.05 Å². The third-order valence-electron chi connectivity index (χ3n) is 2.74. The summed E-state index contributed by atoms with van der Waals surface area (Å²) in [5.74, 6) is 2.44. The Morgan fingerprint density at radius 2 is 2.31 bits per heavy atom. The summed E-state index contributed by atoms with van der Waals surface area (Å²) in [6.45, 7) is 4.29. The molecule has 1 aliphatic rings. The summed E-state index contributed by atoms with van der Waals surface area (Å²) in [6, 6.07) is 0. The Kier molecular flexibility index (Phi) is 1.95. The zero-order valence-electron chi connectivity index (χ0n) is 7.99. The van der Waals surface area contributed by atoms with Gasteiger partial charge in [-0.3, -0.25) is 0 Å². The van der Waals surface area contributed by atoms with Gasteiger partial charge in [-0.15, -0.1) is 0 Å². The molecular weight excluding hydrogens is 166 g/mol. The summed E-state index contributed by atoms with van der Waals surface area (Å²) in [5.41, 5.74) is 5.61. The molecule has 0 aromatic carbocycles. The van der Waals surface area contributed by atoms with Crippen LogP contribution < -0.4 is 11.1 Å². The van der Waals surface area contributed by atoms with Gasteiger partial charge in [-0.2, -0.15) is 10.1 Å². The van der Waals surface area contributed by atoms with Gasteiger partial charge in [-0.1, -0.05) is 6.92 Å². The fourth-order valence-corrected chi connectivity index (χ4v) is 1.49. The molecule has 0 spiro atoms. The van der Waals surface area contributed by atoms with Crippen molar-refractivity contribution in [3.8, 4) is 0 Å². The lowest BCUT2D eigenvalue weighted by atomic mass is 9.88. The van der Waals surface area contributed by atoms with Gasteiger partial charge in [0.15, 0.2) is 5.82 Å². The number of aryl methyl sites for hydroxylation is 1. The van der Waals surface area contributed by atoms with Gasteiger partial charge in [0, 0.05) is 13.0 Å². The Hall–Kier alpha value is -1.10. The summed E-state index contributed by atoms with van der Waals surface area (Å²) >= 11 is 0. The van der Waals surface area contributed by atoms with Crippen LogP contribution in [0.4, 0.5) is 5.95 Å². The molecule has 1 aromatic rings. The van der Waals surface area contributed by atoms with Crippen molar-refractivity contribution in [2.75, 3.05) is 18.8 Å². The topological polar surface area (TPSA) is 68.8 Å². The number of nitrogens with two attached hydrogens (primary N) is 1. The van der Waals surface area contributed by atoms with E-state index in [1.54, 1.807) is 4.68 Å². The highest BCUT2D eigenvalue weighted by Gasteiger charge is 2.27. The first-order chi connectivity index (χ1) is 6.18. The molecule has 0 saturated carbocycles. The second kappa shape index (κ2) is 2.99. The molecule has 0 radical (unpaired) electrons. The van der Waals surface area contributed by atoms with Crippen molar-refractivity contribution in [3.63, 3.8) is 0 Å². The molecule has 0 amide bonds. The van der Waals surface area contributed by atoms with E-state index in [1.807, 2.05) is 7.05 Å². The molecular formula is C8H15N5. The van der Waals surface area contributed by atoms with Crippen molar-refractivity contribution in [3.05, 3.63) is 5.82 Å². The summed E-state index contributed by atoms with van der Waals surface area (Å²) < 4.78 is 1.62. The number of aromatic nitrogens is 3. The molecule has 2 heterocycles. The second-order valence-electron chi connectivity index (χ2n) is 3.66. The van der Waals surface area contributed by atoms with E-state index in [1.165, 1.54) is 0 Å². The van der Waals surface area contributed by atoms with E-state index in [-0.39, 0.29) is 0 Å². The van der Waals surface area contributed by atoms with E-state index in [0.29, 0.717) is 17.8 Å². The Bertz CT molecular complexity index is 282. The first-order valence-electron chi connectivity index (χ1n) is 4.55. The molecule has 5 heteroatoms. The van der Waals surface area contributed by atoms with Crippen LogP contribution in [0.15, 0.2) is 0 Å². The minimum Gasteiger partial charge on any atom is -0.368 e. The Morgan fingerprint density at radius 3 is 2.69 bits per heavy atom. The van der Waals surface area contributed by atoms with Gasteiger partial charge in [0.2, 0.25) is 5.95 Å². The minimum absolute atomic E-state index is 0.407. The molecule has 1 atom stereocenters. The van der Waals surface area contributed by atoms with Crippen LogP contribution in [0, 0.1) is 5.92 Å². The lowest BCUT2D eigenvalue weighted by molar-refractivity contribution is 0.295. The van der Waals surface area contributed by atoms with E-state index in [9.17, 15) is 0 Å². The molecule has 3 N–H and O–H groups in total. The largest absolute Gasteiger partial charge is 0.368 e. The van der Waals surface area contributed by atoms with Crippen molar-refractivity contribution in [1.82, 2.24) is 20.1 Å². The third-order valence-corrected chi connectivity index (χ3v) is 2.74. The number of rotatable bonds is 2. The number of nitrogen functional groups attached to an aromatic ring is 1. The summed E-state index contributed by atoms with van der Waals surface area (Å²) in [4.78, 5) is 4.21. The molecule has 1 saturated heterocycles. The summed E-state index contributed by atoms with van der Waals surface area (Å²) in [5, 5.41) is 7.51. The summed E-state index contributed by atoms with van der Waals surface area (Å²) in [6.07, 6.45) is 0. The van der Waals surface area contributed by atoms with Crippen molar-refractivity contribution < 1.29 is 0 Å². The first kappa shape index (κ1) is 8.50. The van der Waals surface area contributed by atoms with Crippen LogP contribution in [0.1, 0.15) is 18.7 Å². The van der Waals surface area contributed by atoms with Gasteiger partial charge >= 0.3 is 0 Å². The number of anilines is 1. The van der Waals surface area contributed by atoms with Gasteiger partial charge in [0.05, 0.1) is 0 Å². The lowest BCUT2D eigenvalue weighted by Crippen LogP contribution is -2.44. The smallest absolute Gasteiger partial charge is 0.218 e. The highest BCUT2D eigenvalue weighted by Crippen LogP contribution is 2.24. The van der Waals surface area contributed by atoms with E-state index in [0.717, 1.165) is 18.9 Å². The van der Waals surface area contributed by atoms with Gasteiger partial charge in [-0.25, -0.2) is 4.68 Å². The highest BCUT2D eigenvalue weighted by atomic mass is 15.4. The van der Waals surface area contributed by atoms with E-state index in [2.05, 4.69) is 22.3 Å². The molecule has 1 fully saturated rings. The number of nitrogens with one attached hydrogen (secondary N) is 1. The third kappa shape index (κ3) is 1.39. The van der Waals surface area contributed by atoms with E-state index in [4.69, 9.17) is 5.73 Å². The maximum atomic E-state index is 5.61. The normalized spacial score (nSPS) is 19.8. The monoisotopic (exact) mass is 181 g/mol. The molecule has 2 rings (SSSR count). The fourth-order valence-electron chi connectivity index (χ4n) is 1.49. The van der Waals surface area contributed by atoms with Crippen LogP contribution in [0.25, 0.3) is 0 Å². The molecule has 72 valence electrons. The molecule has 1 aromatic heterocycles. The van der Waals surface area contributed by atoms with Crippen LogP contribution in [0.2, 0.25) is 0 Å². The summed E-state index contributed by atoms with van der Waals surface area (Å²) in [7, 11) is 1.82. The van der Waals surface area contributed by atoms with Crippen molar-refractivity contribution >= 4 is 5.95 Å². The van der Waals surface area contributed by atoms with Crippen molar-refractivity contribution in [2.24, 2.45) is 13.0 Å². The number of hydrogen-bond acceptors (Lipinski definition) is 4. The molecule has 1 aliphatic heterocycles. The number of hydrogen-bond donors (Lipinski definition) is 2. The molecule has 0 aliphatic carbocycles. The maximum absolute atomic E-state index is 5.61. The zero-order valence-corrected chi connectivity index (χ0v) is 7.99. The van der Waals surface area contributed by atoms with Crippen molar-refractivity contribution in [1.29, 1.82) is 0 Å². The van der Waals surface area contributed by atoms with Crippen LogP contribution in [-0.4, -0.2) is 27.9 Å². The van der Waals surface area contributed by atoms with Gasteiger partial charge in [-0.05, 0) is 19.0 Å². The first-order valence-corrected chi connectivity index (χ1v) is 4.55. The minimum atomic E-state index is 0.407. The van der Waals surface area contributed by atoms with E-state index < -0.39 is 0 Å². The molecule has 13 heavy (non-hydrogen) atoms. The molecule has 5 nitrogen and oxygen atoms in total. The quantitative estimate of drug-likeness (QED) is 0.658. The van der Waals surface area contributed by atoms with Crippen molar-refractivity contribution in [2.45, 2.75) is 12.8 Å².